The Kier molecular flexibility index (Phi) is 9.51. The molecule has 44 heavy (non-hydrogen) atoms. The molecule has 0 aliphatic carbocycles. The summed E-state index contributed by atoms with van der Waals surface area (Å²) in [5.41, 5.74) is 8.37. The highest BCUT2D eigenvalue weighted by Crippen LogP contribution is 2.47. The van der Waals surface area contributed by atoms with E-state index in [4.69, 9.17) is 29.2 Å². The number of nitrogen functional groups attached to an aromatic ring is 1. The van der Waals surface area contributed by atoms with Crippen LogP contribution in [-0.2, 0) is 36.5 Å². The van der Waals surface area contributed by atoms with E-state index in [2.05, 4.69) is 10.1 Å². The quantitative estimate of drug-likeness (QED) is 0.113. The number of fused-ring (bicyclic) bond motifs is 4. The molecule has 0 aliphatic rings. The number of hydrogen-bond donors (Lipinski definition) is 2. The minimum Gasteiger partial charge on any atom is -0.462 e. The molecule has 0 spiro atoms. The van der Waals surface area contributed by atoms with Crippen molar-refractivity contribution in [2.24, 2.45) is 0 Å². The summed E-state index contributed by atoms with van der Waals surface area (Å²) < 4.78 is 39.6. The monoisotopic (exact) mass is 619 g/mol. The molecule has 0 aliphatic heterocycles. The van der Waals surface area contributed by atoms with Gasteiger partial charge in [0.2, 0.25) is 0 Å². The molecule has 5 rings (SSSR count). The second-order valence-corrected chi connectivity index (χ2v) is 12.5. The van der Waals surface area contributed by atoms with Gasteiger partial charge < -0.3 is 24.3 Å². The van der Waals surface area contributed by atoms with Crippen LogP contribution < -0.4 is 15.3 Å². The number of nitrogens with one attached hydrogen (secondary N) is 1. The number of imidazole rings is 1. The van der Waals surface area contributed by atoms with Crippen molar-refractivity contribution in [3.05, 3.63) is 72.6 Å². The first-order valence-electron chi connectivity index (χ1n) is 14.6. The summed E-state index contributed by atoms with van der Waals surface area (Å²) in [5.74, 6) is 0.668. The number of esters is 1. The number of hydrogen-bond acceptors (Lipinski definition) is 9. The second-order valence-electron chi connectivity index (χ2n) is 10.8. The smallest absolute Gasteiger partial charge is 0.459 e. The minimum absolute atomic E-state index is 0.226. The van der Waals surface area contributed by atoms with Gasteiger partial charge in [-0.2, -0.15) is 5.09 Å². The van der Waals surface area contributed by atoms with Gasteiger partial charge in [0, 0.05) is 12.0 Å². The number of carbonyl (C=O) groups excluding carboxylic acids is 1. The fourth-order valence-corrected chi connectivity index (χ4v) is 6.67. The molecule has 0 saturated heterocycles. The highest BCUT2D eigenvalue weighted by Gasteiger charge is 2.35. The molecule has 0 saturated carbocycles. The lowest BCUT2D eigenvalue weighted by atomic mass is 10.1. The van der Waals surface area contributed by atoms with Crippen LogP contribution in [-0.4, -0.2) is 45.4 Å². The van der Waals surface area contributed by atoms with Gasteiger partial charge in [0.1, 0.15) is 29.7 Å². The molecule has 11 nitrogen and oxygen atoms in total. The van der Waals surface area contributed by atoms with Crippen molar-refractivity contribution in [1.29, 1.82) is 0 Å². The Labute approximate surface area is 256 Å². The van der Waals surface area contributed by atoms with Crippen molar-refractivity contribution in [2.45, 2.75) is 66.0 Å². The number of anilines is 1. The van der Waals surface area contributed by atoms with Crippen molar-refractivity contribution >= 4 is 52.2 Å². The standard InChI is InChI=1S/C32H38N5O6P/c1-6-40-19-28-35-29-30(26-13-9-10-14-27(26)34-31(29)33)37(28)18-21(4)42-44(39,36-22(5)32(38)41-20(2)3)43-25-16-15-23-11-7-8-12-24(23)17-25/h7-17,20-22H,6,18-19H2,1-5H3,(H2,33,34)(H,36,39)/t21-,22+,44-/m1/s1. The number of benzene rings is 3. The Morgan fingerprint density at radius 1 is 1.00 bits per heavy atom. The van der Waals surface area contributed by atoms with E-state index in [1.807, 2.05) is 66.1 Å². The first-order chi connectivity index (χ1) is 21.1. The van der Waals surface area contributed by atoms with Crippen LogP contribution in [0.15, 0.2) is 66.7 Å². The normalized spacial score (nSPS) is 14.6. The number of aromatic nitrogens is 3. The second kappa shape index (κ2) is 13.3. The van der Waals surface area contributed by atoms with E-state index < -0.39 is 25.9 Å². The fourth-order valence-electron chi connectivity index (χ4n) is 5.00. The van der Waals surface area contributed by atoms with Crippen LogP contribution in [0.2, 0.25) is 0 Å². The highest BCUT2D eigenvalue weighted by atomic mass is 31.2. The third-order valence-electron chi connectivity index (χ3n) is 6.89. The summed E-state index contributed by atoms with van der Waals surface area (Å²) in [6.07, 6.45) is -1.03. The van der Waals surface area contributed by atoms with Crippen molar-refractivity contribution in [3.8, 4) is 5.75 Å². The Bertz CT molecular complexity index is 1840. The first kappa shape index (κ1) is 31.4. The third kappa shape index (κ3) is 7.03. The molecule has 232 valence electrons. The molecule has 2 aromatic heterocycles. The van der Waals surface area contributed by atoms with Crippen molar-refractivity contribution in [1.82, 2.24) is 19.6 Å². The molecule has 5 aromatic rings. The Balaban J connectivity index is 1.49. The van der Waals surface area contributed by atoms with Gasteiger partial charge in [0.15, 0.2) is 5.82 Å². The van der Waals surface area contributed by atoms with Gasteiger partial charge in [-0.25, -0.2) is 14.5 Å². The predicted molar refractivity (Wildman–Crippen MR) is 171 cm³/mol. The van der Waals surface area contributed by atoms with Gasteiger partial charge in [-0.05, 0) is 63.6 Å². The zero-order valence-corrected chi connectivity index (χ0v) is 26.4. The van der Waals surface area contributed by atoms with E-state index in [9.17, 15) is 9.36 Å². The van der Waals surface area contributed by atoms with Gasteiger partial charge >= 0.3 is 13.7 Å². The zero-order valence-electron chi connectivity index (χ0n) is 25.5. The molecule has 3 aromatic carbocycles. The molecule has 12 heteroatoms. The average molecular weight is 620 g/mol. The van der Waals surface area contributed by atoms with Crippen molar-refractivity contribution < 1.29 is 27.9 Å². The molecule has 3 N–H and O–H groups in total. The summed E-state index contributed by atoms with van der Waals surface area (Å²) in [6, 6.07) is 19.8. The van der Waals surface area contributed by atoms with Gasteiger partial charge in [0.25, 0.3) is 0 Å². The van der Waals surface area contributed by atoms with Crippen molar-refractivity contribution in [3.63, 3.8) is 0 Å². The Hall–Kier alpha value is -4.02. The summed E-state index contributed by atoms with van der Waals surface area (Å²) >= 11 is 0. The fraction of sp³-hybridized carbons (Fsp3) is 0.344. The molecule has 2 heterocycles. The maximum atomic E-state index is 14.4. The average Bonchev–Trinajstić information content (AvgIpc) is 3.34. The van der Waals surface area contributed by atoms with Gasteiger partial charge in [-0.1, -0.05) is 48.5 Å². The highest BCUT2D eigenvalue weighted by molar-refractivity contribution is 7.52. The number of pyridine rings is 1. The molecule has 0 unspecified atom stereocenters. The van der Waals surface area contributed by atoms with E-state index >= 15 is 0 Å². The van der Waals surface area contributed by atoms with E-state index in [0.717, 1.165) is 27.2 Å². The van der Waals surface area contributed by atoms with Gasteiger partial charge in [-0.15, -0.1) is 0 Å². The van der Waals surface area contributed by atoms with Crippen LogP contribution in [0, 0.1) is 0 Å². The number of nitrogens with two attached hydrogens (primary N) is 1. The lowest BCUT2D eigenvalue weighted by Crippen LogP contribution is -2.37. The van der Waals surface area contributed by atoms with E-state index in [1.54, 1.807) is 39.8 Å². The van der Waals surface area contributed by atoms with E-state index in [-0.39, 0.29) is 19.3 Å². The Morgan fingerprint density at radius 2 is 1.73 bits per heavy atom. The third-order valence-corrected chi connectivity index (χ3v) is 8.68. The SMILES string of the molecule is CCOCc1nc2c(N)nc3ccccc3c2n1C[C@@H](C)O[P@](=O)(N[C@@H](C)C(=O)OC(C)C)Oc1ccc2ccccc2c1. The molecule has 0 fully saturated rings. The zero-order chi connectivity index (χ0) is 31.4. The number of ether oxygens (including phenoxy) is 2. The first-order valence-corrected chi connectivity index (χ1v) is 16.2. The minimum atomic E-state index is -4.15. The predicted octanol–water partition coefficient (Wildman–Crippen LogP) is 6.38. The summed E-state index contributed by atoms with van der Waals surface area (Å²) in [5, 5.41) is 5.55. The maximum absolute atomic E-state index is 14.4. The maximum Gasteiger partial charge on any atom is 0.459 e. The molecular formula is C32H38N5O6P. The van der Waals surface area contributed by atoms with Gasteiger partial charge in [0.05, 0.1) is 29.8 Å². The van der Waals surface area contributed by atoms with Crippen LogP contribution >= 0.6 is 7.75 Å². The Morgan fingerprint density at radius 3 is 2.48 bits per heavy atom. The van der Waals surface area contributed by atoms with Crippen LogP contribution in [0.1, 0.15) is 40.4 Å². The topological polar surface area (TPSA) is 140 Å². The van der Waals surface area contributed by atoms with E-state index in [1.165, 1.54) is 0 Å². The summed E-state index contributed by atoms with van der Waals surface area (Å²) in [7, 11) is -4.15. The molecule has 0 radical (unpaired) electrons. The van der Waals surface area contributed by atoms with Crippen LogP contribution in [0.4, 0.5) is 5.82 Å². The summed E-state index contributed by atoms with van der Waals surface area (Å²) in [4.78, 5) is 22.0. The molecule has 3 atom stereocenters. The number of carbonyl (C=O) groups is 1. The number of rotatable bonds is 13. The molecule has 0 bridgehead atoms. The largest absolute Gasteiger partial charge is 0.462 e. The van der Waals surface area contributed by atoms with Crippen molar-refractivity contribution in [2.75, 3.05) is 12.3 Å². The van der Waals surface area contributed by atoms with E-state index in [0.29, 0.717) is 29.5 Å². The lowest BCUT2D eigenvalue weighted by Gasteiger charge is -2.26. The van der Waals surface area contributed by atoms with Crippen LogP contribution in [0.25, 0.3) is 32.7 Å². The number of nitrogens with zero attached hydrogens (tertiary/aromatic N) is 3. The molecular weight excluding hydrogens is 581 g/mol. The molecule has 0 amide bonds. The van der Waals surface area contributed by atoms with Crippen LogP contribution in [0.3, 0.4) is 0 Å². The summed E-state index contributed by atoms with van der Waals surface area (Å²) in [6.45, 7) is 9.68. The van der Waals surface area contributed by atoms with Crippen LogP contribution in [0.5, 0.6) is 5.75 Å². The number of para-hydroxylation sites is 1. The van der Waals surface area contributed by atoms with Gasteiger partial charge in [-0.3, -0.25) is 9.32 Å². The lowest BCUT2D eigenvalue weighted by molar-refractivity contribution is -0.149.